The molecule has 1 aliphatic heterocycles. The Balaban J connectivity index is 2.27. The topological polar surface area (TPSA) is 53.5 Å². The normalized spacial score (nSPS) is 22.1. The van der Waals surface area contributed by atoms with Gasteiger partial charge in [0.1, 0.15) is 0 Å². The fourth-order valence-corrected chi connectivity index (χ4v) is 5.66. The number of halogens is 1. The minimum Gasteiger partial charge on any atom is -0.305 e. The Morgan fingerprint density at radius 2 is 2.16 bits per heavy atom. The maximum absolute atomic E-state index is 12.6. The number of hydrogen-bond acceptors (Lipinski definition) is 5. The highest BCUT2D eigenvalue weighted by Crippen LogP contribution is 2.31. The second kappa shape index (κ2) is 5.65. The molecule has 8 heteroatoms. The zero-order valence-electron chi connectivity index (χ0n) is 11.3. The van der Waals surface area contributed by atoms with Gasteiger partial charge in [0, 0.05) is 19.1 Å². The number of thiazole rings is 1. The van der Waals surface area contributed by atoms with Crippen LogP contribution in [0.3, 0.4) is 0 Å². The Hall–Kier alpha value is -0.210. The van der Waals surface area contributed by atoms with Gasteiger partial charge in [-0.25, -0.2) is 13.4 Å². The molecule has 0 aliphatic carbocycles. The first kappa shape index (κ1) is 15.2. The third-order valence-corrected chi connectivity index (χ3v) is 7.11. The number of aromatic nitrogens is 1. The number of sulfonamides is 1. The van der Waals surface area contributed by atoms with Gasteiger partial charge in [0.05, 0.1) is 5.69 Å². The van der Waals surface area contributed by atoms with Gasteiger partial charge in [0.15, 0.2) is 8.68 Å². The standard InChI is InChI=1S/C11H18ClN3O2S2/c1-8-10(18-11(12)13-8)19(16,17)15-6-4-5-9(7-15)14(2)3/h9H,4-7H2,1-3H3. The van der Waals surface area contributed by atoms with Crippen molar-refractivity contribution >= 4 is 33.0 Å². The van der Waals surface area contributed by atoms with Crippen LogP contribution in [0.25, 0.3) is 0 Å². The van der Waals surface area contributed by atoms with Crippen molar-refractivity contribution in [3.05, 3.63) is 10.2 Å². The molecular weight excluding hydrogens is 306 g/mol. The quantitative estimate of drug-likeness (QED) is 0.851. The molecule has 0 spiro atoms. The van der Waals surface area contributed by atoms with E-state index in [1.54, 1.807) is 11.2 Å². The summed E-state index contributed by atoms with van der Waals surface area (Å²) >= 11 is 6.84. The van der Waals surface area contributed by atoms with Crippen molar-refractivity contribution in [2.24, 2.45) is 0 Å². The Morgan fingerprint density at radius 1 is 1.47 bits per heavy atom. The second-order valence-electron chi connectivity index (χ2n) is 4.96. The molecule has 1 aliphatic rings. The average molecular weight is 324 g/mol. The molecule has 108 valence electrons. The van der Waals surface area contributed by atoms with Crippen molar-refractivity contribution in [3.8, 4) is 0 Å². The van der Waals surface area contributed by atoms with Gasteiger partial charge in [0.2, 0.25) is 0 Å². The van der Waals surface area contributed by atoms with Crippen molar-refractivity contribution in [2.75, 3.05) is 27.2 Å². The summed E-state index contributed by atoms with van der Waals surface area (Å²) in [5, 5.41) is 0. The van der Waals surface area contributed by atoms with Crippen LogP contribution in [0, 0.1) is 6.92 Å². The zero-order chi connectivity index (χ0) is 14.2. The smallest absolute Gasteiger partial charge is 0.254 e. The highest BCUT2D eigenvalue weighted by molar-refractivity contribution is 7.91. The summed E-state index contributed by atoms with van der Waals surface area (Å²) in [7, 11) is 0.503. The fraction of sp³-hybridized carbons (Fsp3) is 0.727. The SMILES string of the molecule is Cc1nc(Cl)sc1S(=O)(=O)N1CCCC(N(C)C)C1. The predicted molar refractivity (Wildman–Crippen MR) is 77.3 cm³/mol. The van der Waals surface area contributed by atoms with E-state index in [0.29, 0.717) is 18.8 Å². The summed E-state index contributed by atoms with van der Waals surface area (Å²) in [5.41, 5.74) is 0.488. The summed E-state index contributed by atoms with van der Waals surface area (Å²) in [6, 6.07) is 0.271. The summed E-state index contributed by atoms with van der Waals surface area (Å²) in [5.74, 6) is 0. The average Bonchev–Trinajstić information content (AvgIpc) is 2.69. The van der Waals surface area contributed by atoms with Gasteiger partial charge < -0.3 is 4.90 Å². The van der Waals surface area contributed by atoms with Gasteiger partial charge in [-0.2, -0.15) is 4.31 Å². The lowest BCUT2D eigenvalue weighted by Crippen LogP contribution is -2.47. The van der Waals surface area contributed by atoms with E-state index >= 15 is 0 Å². The molecule has 5 nitrogen and oxygen atoms in total. The molecule has 0 radical (unpaired) electrons. The van der Waals surface area contributed by atoms with Crippen LogP contribution in [0.15, 0.2) is 4.21 Å². The van der Waals surface area contributed by atoms with Crippen LogP contribution in [0.4, 0.5) is 0 Å². The summed E-state index contributed by atoms with van der Waals surface area (Å²) in [4.78, 5) is 6.07. The third kappa shape index (κ3) is 3.11. The third-order valence-electron chi connectivity index (χ3n) is 3.39. The first-order chi connectivity index (χ1) is 8.82. The molecule has 2 rings (SSSR count). The van der Waals surface area contributed by atoms with Crippen molar-refractivity contribution < 1.29 is 8.42 Å². The van der Waals surface area contributed by atoms with Crippen LogP contribution in [0.2, 0.25) is 4.47 Å². The Labute approximate surface area is 123 Å². The van der Waals surface area contributed by atoms with E-state index in [1.165, 1.54) is 0 Å². The van der Waals surface area contributed by atoms with Gasteiger partial charge in [-0.05, 0) is 33.9 Å². The number of aryl methyl sites for hydroxylation is 1. The molecule has 1 fully saturated rings. The first-order valence-corrected chi connectivity index (χ1v) is 8.75. The van der Waals surface area contributed by atoms with Gasteiger partial charge in [-0.3, -0.25) is 0 Å². The monoisotopic (exact) mass is 323 g/mol. The van der Waals surface area contributed by atoms with Crippen LogP contribution in [-0.4, -0.2) is 55.8 Å². The molecule has 0 N–H and O–H groups in total. The van der Waals surface area contributed by atoms with Crippen LogP contribution < -0.4 is 0 Å². The number of rotatable bonds is 3. The minimum atomic E-state index is -3.46. The maximum Gasteiger partial charge on any atom is 0.254 e. The molecule has 1 saturated heterocycles. The lowest BCUT2D eigenvalue weighted by atomic mass is 10.1. The molecule has 1 aromatic heterocycles. The van der Waals surface area contributed by atoms with Gasteiger partial charge in [0.25, 0.3) is 10.0 Å². The van der Waals surface area contributed by atoms with Crippen molar-refractivity contribution in [2.45, 2.75) is 30.0 Å². The van der Waals surface area contributed by atoms with Crippen molar-refractivity contribution in [1.82, 2.24) is 14.2 Å². The van der Waals surface area contributed by atoms with Crippen molar-refractivity contribution in [3.63, 3.8) is 0 Å². The summed E-state index contributed by atoms with van der Waals surface area (Å²) in [6.07, 6.45) is 1.91. The van der Waals surface area contributed by atoms with E-state index in [-0.39, 0.29) is 14.7 Å². The molecule has 2 heterocycles. The van der Waals surface area contributed by atoms with E-state index in [9.17, 15) is 8.42 Å². The van der Waals surface area contributed by atoms with E-state index < -0.39 is 10.0 Å². The van der Waals surface area contributed by atoms with Crippen molar-refractivity contribution in [1.29, 1.82) is 0 Å². The zero-order valence-corrected chi connectivity index (χ0v) is 13.6. The summed E-state index contributed by atoms with van der Waals surface area (Å²) in [6.45, 7) is 2.79. The Kier molecular flexibility index (Phi) is 4.52. The molecule has 0 saturated carbocycles. The molecule has 0 amide bonds. The van der Waals surface area contributed by atoms with Gasteiger partial charge in [-0.15, -0.1) is 0 Å². The number of hydrogen-bond donors (Lipinski definition) is 0. The Bertz CT molecular complexity index is 556. The van der Waals surface area contributed by atoms with E-state index in [4.69, 9.17) is 11.6 Å². The van der Waals surface area contributed by atoms with Crippen LogP contribution in [-0.2, 0) is 10.0 Å². The van der Waals surface area contributed by atoms with Gasteiger partial charge in [-0.1, -0.05) is 22.9 Å². The maximum atomic E-state index is 12.6. The predicted octanol–water partition coefficient (Wildman–Crippen LogP) is 1.82. The highest BCUT2D eigenvalue weighted by atomic mass is 35.5. The molecule has 0 bridgehead atoms. The fourth-order valence-electron chi connectivity index (χ4n) is 2.27. The minimum absolute atomic E-state index is 0.271. The molecule has 1 aromatic rings. The number of piperidine rings is 1. The number of nitrogens with zero attached hydrogens (tertiary/aromatic N) is 3. The lowest BCUT2D eigenvalue weighted by Gasteiger charge is -2.35. The van der Waals surface area contributed by atoms with E-state index in [1.807, 2.05) is 14.1 Å². The van der Waals surface area contributed by atoms with Crippen LogP contribution >= 0.6 is 22.9 Å². The van der Waals surface area contributed by atoms with Gasteiger partial charge >= 0.3 is 0 Å². The molecular formula is C11H18ClN3O2S2. The lowest BCUT2D eigenvalue weighted by molar-refractivity contribution is 0.190. The largest absolute Gasteiger partial charge is 0.305 e. The van der Waals surface area contributed by atoms with Crippen LogP contribution in [0.5, 0.6) is 0 Å². The summed E-state index contributed by atoms with van der Waals surface area (Å²) < 4.78 is 27.3. The number of likely N-dealkylation sites (N-methyl/N-ethyl adjacent to an activating group) is 1. The highest BCUT2D eigenvalue weighted by Gasteiger charge is 2.33. The molecule has 19 heavy (non-hydrogen) atoms. The molecule has 0 aromatic carbocycles. The second-order valence-corrected chi connectivity index (χ2v) is 8.68. The Morgan fingerprint density at radius 3 is 2.68 bits per heavy atom. The van der Waals surface area contributed by atoms with E-state index in [2.05, 4.69) is 9.88 Å². The van der Waals surface area contributed by atoms with E-state index in [0.717, 1.165) is 24.2 Å². The van der Waals surface area contributed by atoms with Crippen LogP contribution in [0.1, 0.15) is 18.5 Å². The first-order valence-electron chi connectivity index (χ1n) is 6.12. The molecule has 1 unspecified atom stereocenters. The molecule has 1 atom stereocenters.